The summed E-state index contributed by atoms with van der Waals surface area (Å²) in [6.45, 7) is 7.38. The van der Waals surface area contributed by atoms with Gasteiger partial charge in [0, 0.05) is 29.8 Å². The van der Waals surface area contributed by atoms with E-state index < -0.39 is 10.0 Å². The van der Waals surface area contributed by atoms with Crippen LogP contribution in [0, 0.1) is 5.92 Å². The van der Waals surface area contributed by atoms with Crippen molar-refractivity contribution in [3.05, 3.63) is 59.7 Å². The van der Waals surface area contributed by atoms with Crippen LogP contribution in [0.1, 0.15) is 43.6 Å². The predicted molar refractivity (Wildman–Crippen MR) is 113 cm³/mol. The summed E-state index contributed by atoms with van der Waals surface area (Å²) in [5.41, 5.74) is 1.86. The fourth-order valence-corrected chi connectivity index (χ4v) is 3.74. The van der Waals surface area contributed by atoms with Gasteiger partial charge in [-0.2, -0.15) is 0 Å². The van der Waals surface area contributed by atoms with Gasteiger partial charge in [0.1, 0.15) is 0 Å². The summed E-state index contributed by atoms with van der Waals surface area (Å²) >= 11 is 0. The zero-order valence-corrected chi connectivity index (χ0v) is 17.8. The molecule has 3 N–H and O–H groups in total. The highest BCUT2D eigenvalue weighted by Gasteiger charge is 2.16. The van der Waals surface area contributed by atoms with Crippen LogP contribution in [0.5, 0.6) is 0 Å². The van der Waals surface area contributed by atoms with Crippen molar-refractivity contribution in [2.24, 2.45) is 5.92 Å². The number of sulfonamides is 1. The highest BCUT2D eigenvalue weighted by molar-refractivity contribution is 7.89. The van der Waals surface area contributed by atoms with Crippen molar-refractivity contribution in [1.29, 1.82) is 0 Å². The molecule has 0 fully saturated rings. The number of carbonyl (C=O) groups is 2. The van der Waals surface area contributed by atoms with E-state index >= 15 is 0 Å². The van der Waals surface area contributed by atoms with E-state index in [0.717, 1.165) is 5.56 Å². The molecule has 0 radical (unpaired) electrons. The average Bonchev–Trinajstić information content (AvgIpc) is 2.65. The zero-order valence-electron chi connectivity index (χ0n) is 17.0. The second-order valence-electron chi connectivity index (χ2n) is 7.33. The van der Waals surface area contributed by atoms with E-state index in [2.05, 4.69) is 15.4 Å². The van der Waals surface area contributed by atoms with Crippen LogP contribution in [0.3, 0.4) is 0 Å². The normalized spacial score (nSPS) is 11.5. The number of anilines is 1. The third-order valence-electron chi connectivity index (χ3n) is 3.99. The Kier molecular flexibility index (Phi) is 7.53. The van der Waals surface area contributed by atoms with Crippen molar-refractivity contribution in [2.75, 3.05) is 5.32 Å². The molecule has 0 saturated carbocycles. The number of nitrogens with one attached hydrogen (secondary N) is 3. The van der Waals surface area contributed by atoms with E-state index in [9.17, 15) is 18.0 Å². The second-order valence-corrected chi connectivity index (χ2v) is 9.04. The molecule has 0 aliphatic heterocycles. The van der Waals surface area contributed by atoms with Crippen molar-refractivity contribution in [2.45, 2.75) is 45.2 Å². The molecule has 0 heterocycles. The summed E-state index contributed by atoms with van der Waals surface area (Å²) in [7, 11) is -3.59. The number of amides is 2. The Balaban J connectivity index is 2.00. The molecule has 156 valence electrons. The van der Waals surface area contributed by atoms with E-state index in [1.807, 2.05) is 19.9 Å². The van der Waals surface area contributed by atoms with Gasteiger partial charge in [0.2, 0.25) is 15.9 Å². The van der Waals surface area contributed by atoms with Crippen LogP contribution >= 0.6 is 0 Å². The molecule has 29 heavy (non-hydrogen) atoms. The highest BCUT2D eigenvalue weighted by Crippen LogP contribution is 2.13. The predicted octanol–water partition coefficient (Wildman–Crippen LogP) is 2.90. The number of hydrogen-bond acceptors (Lipinski definition) is 4. The lowest BCUT2D eigenvalue weighted by Gasteiger charge is -2.11. The third kappa shape index (κ3) is 6.69. The minimum atomic E-state index is -3.59. The largest absolute Gasteiger partial charge is 0.348 e. The van der Waals surface area contributed by atoms with Gasteiger partial charge in [-0.1, -0.05) is 26.0 Å². The molecule has 0 saturated heterocycles. The summed E-state index contributed by atoms with van der Waals surface area (Å²) in [6, 6.07) is 12.8. The summed E-state index contributed by atoms with van der Waals surface area (Å²) in [5, 5.41) is 5.61. The van der Waals surface area contributed by atoms with Gasteiger partial charge in [-0.3, -0.25) is 9.59 Å². The molecule has 2 aromatic rings. The SMILES string of the molecule is CC(C)NS(=O)(=O)c1ccc(C(=O)NCc2cccc(NC(=O)C(C)C)c2)cc1. The summed E-state index contributed by atoms with van der Waals surface area (Å²) < 4.78 is 26.8. The van der Waals surface area contributed by atoms with E-state index in [4.69, 9.17) is 0 Å². The lowest BCUT2D eigenvalue weighted by molar-refractivity contribution is -0.118. The van der Waals surface area contributed by atoms with Gasteiger partial charge in [0.15, 0.2) is 0 Å². The average molecular weight is 418 g/mol. The van der Waals surface area contributed by atoms with Crippen LogP contribution in [0.4, 0.5) is 5.69 Å². The van der Waals surface area contributed by atoms with Crippen LogP contribution in [-0.2, 0) is 21.4 Å². The molecule has 0 unspecified atom stereocenters. The van der Waals surface area contributed by atoms with Crippen molar-refractivity contribution < 1.29 is 18.0 Å². The highest BCUT2D eigenvalue weighted by atomic mass is 32.2. The first kappa shape index (κ1) is 22.6. The first-order chi connectivity index (χ1) is 13.6. The Morgan fingerprint density at radius 1 is 0.966 bits per heavy atom. The third-order valence-corrected chi connectivity index (χ3v) is 5.66. The van der Waals surface area contributed by atoms with Gasteiger partial charge in [0.05, 0.1) is 4.90 Å². The standard InChI is InChI=1S/C21H27N3O4S/c1-14(2)20(25)23-18-7-5-6-16(12-18)13-22-21(26)17-8-10-19(11-9-17)29(27,28)24-15(3)4/h5-12,14-15,24H,13H2,1-4H3,(H,22,26)(H,23,25). The van der Waals surface area contributed by atoms with Crippen LogP contribution in [-0.4, -0.2) is 26.3 Å². The van der Waals surface area contributed by atoms with Crippen molar-refractivity contribution in [3.63, 3.8) is 0 Å². The fraction of sp³-hybridized carbons (Fsp3) is 0.333. The van der Waals surface area contributed by atoms with E-state index in [1.54, 1.807) is 32.0 Å². The summed E-state index contributed by atoms with van der Waals surface area (Å²) in [4.78, 5) is 24.3. The Bertz CT molecular complexity index is 968. The van der Waals surface area contributed by atoms with Crippen LogP contribution < -0.4 is 15.4 Å². The molecular formula is C21H27N3O4S. The fourth-order valence-electron chi connectivity index (χ4n) is 2.49. The molecule has 0 aliphatic rings. The topological polar surface area (TPSA) is 104 Å². The van der Waals surface area contributed by atoms with E-state index in [0.29, 0.717) is 11.3 Å². The smallest absolute Gasteiger partial charge is 0.251 e. The second kappa shape index (κ2) is 9.67. The van der Waals surface area contributed by atoms with E-state index in [1.165, 1.54) is 24.3 Å². The lowest BCUT2D eigenvalue weighted by Crippen LogP contribution is -2.30. The maximum atomic E-state index is 12.4. The molecule has 2 amide bonds. The number of carbonyl (C=O) groups excluding carboxylic acids is 2. The van der Waals surface area contributed by atoms with Crippen LogP contribution in [0.15, 0.2) is 53.4 Å². The first-order valence-corrected chi connectivity index (χ1v) is 10.9. The molecule has 2 rings (SSSR count). The van der Waals surface area contributed by atoms with Gasteiger partial charge in [-0.15, -0.1) is 0 Å². The van der Waals surface area contributed by atoms with Gasteiger partial charge in [-0.05, 0) is 55.8 Å². The van der Waals surface area contributed by atoms with Gasteiger partial charge in [0.25, 0.3) is 5.91 Å². The minimum absolute atomic E-state index is 0.0758. The molecule has 8 heteroatoms. The van der Waals surface area contributed by atoms with Gasteiger partial charge in [-0.25, -0.2) is 13.1 Å². The van der Waals surface area contributed by atoms with Crippen molar-refractivity contribution in [3.8, 4) is 0 Å². The van der Waals surface area contributed by atoms with Gasteiger partial charge < -0.3 is 10.6 Å². The molecular weight excluding hydrogens is 390 g/mol. The number of rotatable bonds is 8. The first-order valence-electron chi connectivity index (χ1n) is 9.39. The van der Waals surface area contributed by atoms with Crippen LogP contribution in [0.25, 0.3) is 0 Å². The number of benzene rings is 2. The lowest BCUT2D eigenvalue weighted by atomic mass is 10.1. The van der Waals surface area contributed by atoms with Crippen molar-refractivity contribution in [1.82, 2.24) is 10.0 Å². The Morgan fingerprint density at radius 2 is 1.62 bits per heavy atom. The zero-order chi connectivity index (χ0) is 21.6. The Hall–Kier alpha value is -2.71. The monoisotopic (exact) mass is 417 g/mol. The van der Waals surface area contributed by atoms with Crippen molar-refractivity contribution >= 4 is 27.5 Å². The molecule has 0 aromatic heterocycles. The molecule has 7 nitrogen and oxygen atoms in total. The number of hydrogen-bond donors (Lipinski definition) is 3. The summed E-state index contributed by atoms with van der Waals surface area (Å²) in [6.07, 6.45) is 0. The minimum Gasteiger partial charge on any atom is -0.348 e. The molecule has 0 spiro atoms. The quantitative estimate of drug-likeness (QED) is 0.614. The van der Waals surface area contributed by atoms with Crippen LogP contribution in [0.2, 0.25) is 0 Å². The maximum Gasteiger partial charge on any atom is 0.251 e. The van der Waals surface area contributed by atoms with E-state index in [-0.39, 0.29) is 35.2 Å². The van der Waals surface area contributed by atoms with Gasteiger partial charge >= 0.3 is 0 Å². The molecule has 0 bridgehead atoms. The Labute approximate surface area is 172 Å². The molecule has 2 aromatic carbocycles. The summed E-state index contributed by atoms with van der Waals surface area (Å²) in [5.74, 6) is -0.517. The Morgan fingerprint density at radius 3 is 2.21 bits per heavy atom. The molecule has 0 aliphatic carbocycles. The maximum absolute atomic E-state index is 12.4. The molecule has 0 atom stereocenters.